The fourth-order valence-electron chi connectivity index (χ4n) is 5.91. The van der Waals surface area contributed by atoms with Gasteiger partial charge in [-0.2, -0.15) is 13.2 Å². The summed E-state index contributed by atoms with van der Waals surface area (Å²) in [6.45, 7) is 0.499. The van der Waals surface area contributed by atoms with E-state index in [9.17, 15) is 37.8 Å². The molecule has 0 aliphatic heterocycles. The topological polar surface area (TPSA) is 122 Å². The van der Waals surface area contributed by atoms with Gasteiger partial charge in [-0.1, -0.05) is 62.4 Å². The van der Waals surface area contributed by atoms with Crippen LogP contribution in [0.2, 0.25) is 0 Å². The number of likely N-dealkylation sites (N-methyl/N-ethyl adjacent to an activating group) is 2. The molecule has 0 spiro atoms. The van der Waals surface area contributed by atoms with Crippen LogP contribution < -0.4 is 10.6 Å². The van der Waals surface area contributed by atoms with E-state index >= 15 is 0 Å². The number of nitrogens with zero attached hydrogens (tertiary/aromatic N) is 2. The number of benzene rings is 1. The highest BCUT2D eigenvalue weighted by atomic mass is 19.4. The van der Waals surface area contributed by atoms with Gasteiger partial charge in [-0.25, -0.2) is 0 Å². The fourth-order valence-corrected chi connectivity index (χ4v) is 5.91. The number of alkyl halides is 3. The second kappa shape index (κ2) is 20.7. The number of carbonyl (C=O) groups is 3. The summed E-state index contributed by atoms with van der Waals surface area (Å²) in [4.78, 5) is 43.0. The molecule has 1 aliphatic carbocycles. The Kier molecular flexibility index (Phi) is 17.5. The summed E-state index contributed by atoms with van der Waals surface area (Å²) in [6.07, 6.45) is 3.74. The molecule has 1 fully saturated rings. The van der Waals surface area contributed by atoms with Crippen LogP contribution in [0.25, 0.3) is 0 Å². The first kappa shape index (κ1) is 40.6. The molecule has 2 rings (SSSR count). The van der Waals surface area contributed by atoms with Gasteiger partial charge in [0, 0.05) is 39.4 Å². The summed E-state index contributed by atoms with van der Waals surface area (Å²) in [6, 6.07) is 7.10. The van der Waals surface area contributed by atoms with Crippen LogP contribution in [0.15, 0.2) is 30.3 Å². The van der Waals surface area contributed by atoms with Crippen molar-refractivity contribution in [2.24, 2.45) is 11.8 Å². The normalized spacial score (nSPS) is 16.8. The van der Waals surface area contributed by atoms with Gasteiger partial charge in [0.05, 0.1) is 24.6 Å². The van der Waals surface area contributed by atoms with Crippen LogP contribution in [0, 0.1) is 36.0 Å². The zero-order chi connectivity index (χ0) is 35.7. The molecule has 5 atom stereocenters. The average molecular weight is 677 g/mol. The van der Waals surface area contributed by atoms with Gasteiger partial charge >= 0.3 is 6.18 Å². The second-order valence-corrected chi connectivity index (χ2v) is 12.8. The van der Waals surface area contributed by atoms with Crippen LogP contribution in [0.5, 0.6) is 0 Å². The molecule has 0 aromatic heterocycles. The highest BCUT2D eigenvalue weighted by Crippen LogP contribution is 2.29. The van der Waals surface area contributed by atoms with E-state index in [2.05, 4.69) is 28.4 Å². The first-order chi connectivity index (χ1) is 22.7. The standard InChI is InChI=1S/C36H51F3N4O5/c1-5-7-19-29(35(48)41-30(33(46)31(44)14-6-2)23-27-17-12-9-13-18-27)40-34(47)28(22-26-15-10-8-11-16-26)24-32(45)43(4)21-20-42(3)25-36(37,38)39/h2,8,10-11,15-16,27-31,33,44,46H,9,12-14,17-25H2,1,3-4H3,(H,40,47)(H,41,48)/t28-,29+,30+,31+,33-/m1/s1. The van der Waals surface area contributed by atoms with Crippen molar-refractivity contribution in [3.8, 4) is 24.2 Å². The van der Waals surface area contributed by atoms with E-state index < -0.39 is 60.7 Å². The lowest BCUT2D eigenvalue weighted by Crippen LogP contribution is -2.55. The van der Waals surface area contributed by atoms with Crippen molar-refractivity contribution in [3.63, 3.8) is 0 Å². The molecule has 0 heterocycles. The maximum Gasteiger partial charge on any atom is 0.401 e. The van der Waals surface area contributed by atoms with Crippen molar-refractivity contribution in [1.29, 1.82) is 0 Å². The quantitative estimate of drug-likeness (QED) is 0.177. The van der Waals surface area contributed by atoms with E-state index in [4.69, 9.17) is 6.42 Å². The predicted octanol–water partition coefficient (Wildman–Crippen LogP) is 3.29. The van der Waals surface area contributed by atoms with Crippen molar-refractivity contribution < 1.29 is 37.8 Å². The van der Waals surface area contributed by atoms with E-state index in [0.717, 1.165) is 42.6 Å². The molecule has 0 radical (unpaired) electrons. The van der Waals surface area contributed by atoms with Crippen LogP contribution in [-0.4, -0.2) is 102 Å². The summed E-state index contributed by atoms with van der Waals surface area (Å²) in [5.74, 6) is 5.65. The summed E-state index contributed by atoms with van der Waals surface area (Å²) in [7, 11) is 2.79. The second-order valence-electron chi connectivity index (χ2n) is 12.8. The maximum atomic E-state index is 13.8. The Morgan fingerprint density at radius 3 is 2.27 bits per heavy atom. The minimum Gasteiger partial charge on any atom is -0.389 e. The van der Waals surface area contributed by atoms with E-state index in [0.29, 0.717) is 6.42 Å². The summed E-state index contributed by atoms with van der Waals surface area (Å²) in [5, 5.41) is 27.1. The van der Waals surface area contributed by atoms with Gasteiger partial charge in [0.15, 0.2) is 0 Å². The van der Waals surface area contributed by atoms with Crippen LogP contribution in [0.4, 0.5) is 13.2 Å². The van der Waals surface area contributed by atoms with Crippen molar-refractivity contribution in [2.45, 2.75) is 102 Å². The number of hydrogen-bond acceptors (Lipinski definition) is 6. The SMILES string of the molecule is C#CC[C@H](O)[C@H](O)[C@H](CC1CCCCC1)NC(=O)[C@H](CC#CC)NC(=O)[C@@H](CC(=O)N(C)CCN(C)CC(F)(F)F)Cc1ccccc1. The number of halogens is 3. The molecule has 1 saturated carbocycles. The number of hydrogen-bond donors (Lipinski definition) is 4. The molecule has 1 aromatic rings. The zero-order valence-corrected chi connectivity index (χ0v) is 28.3. The third-order valence-corrected chi connectivity index (χ3v) is 8.70. The van der Waals surface area contributed by atoms with E-state index in [1.54, 1.807) is 19.1 Å². The smallest absolute Gasteiger partial charge is 0.389 e. The highest BCUT2D eigenvalue weighted by Gasteiger charge is 2.34. The third-order valence-electron chi connectivity index (χ3n) is 8.70. The van der Waals surface area contributed by atoms with Crippen LogP contribution in [-0.2, 0) is 20.8 Å². The Morgan fingerprint density at radius 1 is 1.00 bits per heavy atom. The van der Waals surface area contributed by atoms with Gasteiger partial charge in [-0.15, -0.1) is 24.2 Å². The molecule has 0 saturated heterocycles. The molecule has 1 aromatic carbocycles. The lowest BCUT2D eigenvalue weighted by Gasteiger charge is -2.33. The monoisotopic (exact) mass is 676 g/mol. The van der Waals surface area contributed by atoms with Crippen molar-refractivity contribution in [1.82, 2.24) is 20.4 Å². The molecule has 9 nitrogen and oxygen atoms in total. The fraction of sp³-hybridized carbons (Fsp3) is 0.639. The van der Waals surface area contributed by atoms with Gasteiger partial charge in [0.2, 0.25) is 17.7 Å². The summed E-state index contributed by atoms with van der Waals surface area (Å²) in [5.41, 5.74) is 0.783. The van der Waals surface area contributed by atoms with E-state index in [1.165, 1.54) is 19.0 Å². The van der Waals surface area contributed by atoms with Crippen LogP contribution >= 0.6 is 0 Å². The van der Waals surface area contributed by atoms with E-state index in [1.807, 2.05) is 18.2 Å². The Morgan fingerprint density at radius 2 is 1.67 bits per heavy atom. The number of terminal acetylenes is 1. The molecule has 266 valence electrons. The first-order valence-electron chi connectivity index (χ1n) is 16.6. The number of nitrogens with one attached hydrogen (secondary N) is 2. The molecule has 12 heteroatoms. The van der Waals surface area contributed by atoms with E-state index in [-0.39, 0.29) is 44.7 Å². The number of rotatable bonds is 18. The number of aliphatic hydroxyl groups excluding tert-OH is 2. The molecular formula is C36H51F3N4O5. The maximum absolute atomic E-state index is 13.8. The van der Waals surface area contributed by atoms with Crippen molar-refractivity contribution in [3.05, 3.63) is 35.9 Å². The average Bonchev–Trinajstić information content (AvgIpc) is 3.04. The third kappa shape index (κ3) is 15.1. The molecular weight excluding hydrogens is 625 g/mol. The molecule has 1 aliphatic rings. The van der Waals surface area contributed by atoms with Crippen LogP contribution in [0.3, 0.4) is 0 Å². The molecule has 3 amide bonds. The van der Waals surface area contributed by atoms with Gasteiger partial charge in [0.1, 0.15) is 12.1 Å². The molecule has 0 unspecified atom stereocenters. The van der Waals surface area contributed by atoms with Crippen molar-refractivity contribution >= 4 is 17.7 Å². The minimum absolute atomic E-state index is 0.0147. The largest absolute Gasteiger partial charge is 0.401 e. The Hall–Kier alpha value is -3.58. The summed E-state index contributed by atoms with van der Waals surface area (Å²) >= 11 is 0. The predicted molar refractivity (Wildman–Crippen MR) is 178 cm³/mol. The molecule has 0 bridgehead atoms. The summed E-state index contributed by atoms with van der Waals surface area (Å²) < 4.78 is 38.2. The van der Waals surface area contributed by atoms with Gasteiger partial charge in [0.25, 0.3) is 0 Å². The number of amides is 3. The Labute approximate surface area is 283 Å². The molecule has 48 heavy (non-hydrogen) atoms. The molecule has 4 N–H and O–H groups in total. The zero-order valence-electron chi connectivity index (χ0n) is 28.3. The number of aliphatic hydroxyl groups is 2. The Bertz CT molecular complexity index is 1250. The van der Waals surface area contributed by atoms with Crippen molar-refractivity contribution in [2.75, 3.05) is 33.7 Å². The highest BCUT2D eigenvalue weighted by molar-refractivity contribution is 5.91. The van der Waals surface area contributed by atoms with Gasteiger partial charge < -0.3 is 25.7 Å². The lowest BCUT2D eigenvalue weighted by atomic mass is 9.82. The van der Waals surface area contributed by atoms with Gasteiger partial charge in [-0.3, -0.25) is 19.3 Å². The minimum atomic E-state index is -4.36. The first-order valence-corrected chi connectivity index (χ1v) is 16.6. The lowest BCUT2D eigenvalue weighted by molar-refractivity contribution is -0.144. The number of carbonyl (C=O) groups excluding carboxylic acids is 3. The van der Waals surface area contributed by atoms with Crippen LogP contribution in [0.1, 0.15) is 70.3 Å². The Balaban J connectivity index is 2.23. The van der Waals surface area contributed by atoms with Gasteiger partial charge in [-0.05, 0) is 38.3 Å².